The SMILES string of the molecule is CO[C@H]1CNCC1n1cncc1-c1ccc(C)cc1. The average Bonchev–Trinajstić information content (AvgIpc) is 3.07. The van der Waals surface area contributed by atoms with Crippen LogP contribution in [0.15, 0.2) is 36.8 Å². The third-order valence-electron chi connectivity index (χ3n) is 3.80. The molecule has 4 nitrogen and oxygen atoms in total. The summed E-state index contributed by atoms with van der Waals surface area (Å²) in [6.07, 6.45) is 4.03. The van der Waals surface area contributed by atoms with Gasteiger partial charge in [-0.05, 0) is 12.5 Å². The van der Waals surface area contributed by atoms with Gasteiger partial charge in [0.15, 0.2) is 0 Å². The van der Waals surface area contributed by atoms with Crippen molar-refractivity contribution in [3.63, 3.8) is 0 Å². The third-order valence-corrected chi connectivity index (χ3v) is 3.80. The van der Waals surface area contributed by atoms with E-state index >= 15 is 0 Å². The monoisotopic (exact) mass is 257 g/mol. The maximum Gasteiger partial charge on any atom is 0.0954 e. The molecule has 0 bridgehead atoms. The molecule has 0 amide bonds. The lowest BCUT2D eigenvalue weighted by Crippen LogP contribution is -2.24. The minimum atomic E-state index is 0.207. The molecule has 4 heteroatoms. The summed E-state index contributed by atoms with van der Waals surface area (Å²) in [6, 6.07) is 8.87. The lowest BCUT2D eigenvalue weighted by Gasteiger charge is -2.21. The van der Waals surface area contributed by atoms with Crippen LogP contribution in [0, 0.1) is 6.92 Å². The number of nitrogens with one attached hydrogen (secondary N) is 1. The quantitative estimate of drug-likeness (QED) is 0.914. The molecule has 1 saturated heterocycles. The van der Waals surface area contributed by atoms with Crippen molar-refractivity contribution in [1.29, 1.82) is 0 Å². The summed E-state index contributed by atoms with van der Waals surface area (Å²) in [4.78, 5) is 4.31. The van der Waals surface area contributed by atoms with E-state index in [1.807, 2.05) is 12.5 Å². The van der Waals surface area contributed by atoms with Crippen LogP contribution in [0.2, 0.25) is 0 Å². The van der Waals surface area contributed by atoms with E-state index in [2.05, 4.69) is 46.1 Å². The van der Waals surface area contributed by atoms with E-state index in [4.69, 9.17) is 4.74 Å². The lowest BCUT2D eigenvalue weighted by atomic mass is 10.1. The van der Waals surface area contributed by atoms with Gasteiger partial charge in [0.1, 0.15) is 0 Å². The van der Waals surface area contributed by atoms with Crippen molar-refractivity contribution in [1.82, 2.24) is 14.9 Å². The molecule has 0 aliphatic carbocycles. The summed E-state index contributed by atoms with van der Waals surface area (Å²) in [5.74, 6) is 0. The number of hydrogen-bond donors (Lipinski definition) is 1. The maximum atomic E-state index is 5.55. The molecule has 1 fully saturated rings. The first-order valence-corrected chi connectivity index (χ1v) is 6.62. The van der Waals surface area contributed by atoms with Crippen LogP contribution in [0.5, 0.6) is 0 Å². The van der Waals surface area contributed by atoms with Crippen molar-refractivity contribution in [3.05, 3.63) is 42.4 Å². The predicted octanol–water partition coefficient (Wildman–Crippen LogP) is 2.02. The Morgan fingerprint density at radius 1 is 1.26 bits per heavy atom. The second-order valence-electron chi connectivity index (χ2n) is 5.05. The molecule has 1 aliphatic heterocycles. The molecule has 0 saturated carbocycles. The minimum absolute atomic E-state index is 0.207. The van der Waals surface area contributed by atoms with Gasteiger partial charge in [0.05, 0.1) is 30.4 Å². The van der Waals surface area contributed by atoms with Gasteiger partial charge in [0, 0.05) is 20.2 Å². The smallest absolute Gasteiger partial charge is 0.0954 e. The van der Waals surface area contributed by atoms with Gasteiger partial charge in [-0.15, -0.1) is 0 Å². The number of nitrogens with zero attached hydrogens (tertiary/aromatic N) is 2. The Kier molecular flexibility index (Phi) is 3.36. The van der Waals surface area contributed by atoms with E-state index in [1.54, 1.807) is 7.11 Å². The molecule has 1 aliphatic rings. The zero-order valence-corrected chi connectivity index (χ0v) is 11.3. The highest BCUT2D eigenvalue weighted by molar-refractivity contribution is 5.59. The molecule has 0 spiro atoms. The Hall–Kier alpha value is -1.65. The van der Waals surface area contributed by atoms with E-state index in [9.17, 15) is 0 Å². The normalized spacial score (nSPS) is 22.8. The number of methoxy groups -OCH3 is 1. The van der Waals surface area contributed by atoms with Crippen molar-refractivity contribution in [3.8, 4) is 11.3 Å². The predicted molar refractivity (Wildman–Crippen MR) is 75.1 cm³/mol. The van der Waals surface area contributed by atoms with Gasteiger partial charge in [0.25, 0.3) is 0 Å². The van der Waals surface area contributed by atoms with E-state index in [1.165, 1.54) is 11.1 Å². The van der Waals surface area contributed by atoms with Gasteiger partial charge in [-0.3, -0.25) is 0 Å². The topological polar surface area (TPSA) is 39.1 Å². The first kappa shape index (κ1) is 12.4. The molecular weight excluding hydrogens is 238 g/mol. The van der Waals surface area contributed by atoms with Crippen LogP contribution in [-0.2, 0) is 4.74 Å². The second kappa shape index (κ2) is 5.15. The molecule has 100 valence electrons. The van der Waals surface area contributed by atoms with E-state index in [0.717, 1.165) is 18.8 Å². The Labute approximate surface area is 113 Å². The first-order valence-electron chi connectivity index (χ1n) is 6.62. The molecule has 2 aromatic rings. The van der Waals surface area contributed by atoms with Crippen LogP contribution in [0.1, 0.15) is 11.6 Å². The summed E-state index contributed by atoms with van der Waals surface area (Å²) in [7, 11) is 1.77. The molecule has 1 unspecified atom stereocenters. The van der Waals surface area contributed by atoms with Crippen LogP contribution >= 0.6 is 0 Å². The van der Waals surface area contributed by atoms with Gasteiger partial charge < -0.3 is 14.6 Å². The molecule has 1 aromatic heterocycles. The molecule has 1 aromatic carbocycles. The van der Waals surface area contributed by atoms with Crippen molar-refractivity contribution in [2.45, 2.75) is 19.1 Å². The number of aryl methyl sites for hydroxylation is 1. The number of rotatable bonds is 3. The molecule has 0 radical (unpaired) electrons. The summed E-state index contributed by atoms with van der Waals surface area (Å²) >= 11 is 0. The molecule has 1 N–H and O–H groups in total. The molecular formula is C15H19N3O. The highest BCUT2D eigenvalue weighted by atomic mass is 16.5. The van der Waals surface area contributed by atoms with Gasteiger partial charge >= 0.3 is 0 Å². The van der Waals surface area contributed by atoms with E-state index < -0.39 is 0 Å². The summed E-state index contributed by atoms with van der Waals surface area (Å²) < 4.78 is 7.77. The van der Waals surface area contributed by atoms with Crippen molar-refractivity contribution in [2.24, 2.45) is 0 Å². The second-order valence-corrected chi connectivity index (χ2v) is 5.05. The zero-order valence-electron chi connectivity index (χ0n) is 11.3. The maximum absolute atomic E-state index is 5.55. The van der Waals surface area contributed by atoms with Gasteiger partial charge in [-0.2, -0.15) is 0 Å². The van der Waals surface area contributed by atoms with Crippen LogP contribution in [-0.4, -0.2) is 35.9 Å². The van der Waals surface area contributed by atoms with E-state index in [0.29, 0.717) is 6.04 Å². The third kappa shape index (κ3) is 2.29. The first-order chi connectivity index (χ1) is 9.29. The highest BCUT2D eigenvalue weighted by Crippen LogP contribution is 2.26. The van der Waals surface area contributed by atoms with Crippen molar-refractivity contribution < 1.29 is 4.74 Å². The standard InChI is InChI=1S/C15H19N3O/c1-11-3-5-12(6-4-11)13-7-17-10-18(13)14-8-16-9-15(14)19-2/h3-7,10,14-16H,8-9H2,1-2H3/t14?,15-/m0/s1. The summed E-state index contributed by atoms with van der Waals surface area (Å²) in [6.45, 7) is 3.92. The van der Waals surface area contributed by atoms with Crippen molar-refractivity contribution in [2.75, 3.05) is 20.2 Å². The number of imidazole rings is 1. The fourth-order valence-electron chi connectivity index (χ4n) is 2.68. The largest absolute Gasteiger partial charge is 0.378 e. The van der Waals surface area contributed by atoms with Gasteiger partial charge in [0.2, 0.25) is 0 Å². The molecule has 19 heavy (non-hydrogen) atoms. The highest BCUT2D eigenvalue weighted by Gasteiger charge is 2.29. The Bertz CT molecular complexity index is 547. The molecule has 2 atom stereocenters. The minimum Gasteiger partial charge on any atom is -0.378 e. The Morgan fingerprint density at radius 3 is 2.79 bits per heavy atom. The number of benzene rings is 1. The van der Waals surface area contributed by atoms with Crippen molar-refractivity contribution >= 4 is 0 Å². The van der Waals surface area contributed by atoms with Crippen LogP contribution in [0.3, 0.4) is 0 Å². The molecule has 3 rings (SSSR count). The number of aromatic nitrogens is 2. The Morgan fingerprint density at radius 2 is 2.05 bits per heavy atom. The zero-order chi connectivity index (χ0) is 13.2. The van der Waals surface area contributed by atoms with Gasteiger partial charge in [-0.1, -0.05) is 29.8 Å². The average molecular weight is 257 g/mol. The summed E-state index contributed by atoms with van der Waals surface area (Å²) in [5, 5.41) is 3.38. The number of ether oxygens (including phenoxy) is 1. The van der Waals surface area contributed by atoms with Gasteiger partial charge in [-0.25, -0.2) is 4.98 Å². The van der Waals surface area contributed by atoms with E-state index in [-0.39, 0.29) is 6.10 Å². The Balaban J connectivity index is 1.96. The fraction of sp³-hybridized carbons (Fsp3) is 0.400. The number of hydrogen-bond acceptors (Lipinski definition) is 3. The van der Waals surface area contributed by atoms with Crippen LogP contribution in [0.4, 0.5) is 0 Å². The lowest BCUT2D eigenvalue weighted by molar-refractivity contribution is 0.0870. The van der Waals surface area contributed by atoms with Crippen LogP contribution < -0.4 is 5.32 Å². The van der Waals surface area contributed by atoms with Crippen LogP contribution in [0.25, 0.3) is 11.3 Å². The fourth-order valence-corrected chi connectivity index (χ4v) is 2.68. The molecule has 2 heterocycles. The summed E-state index contributed by atoms with van der Waals surface area (Å²) in [5.41, 5.74) is 3.62.